The minimum atomic E-state index is -0.359. The largest absolute Gasteiger partial charge is 0.388 e. The number of aliphatic hydroxyl groups is 1. The van der Waals surface area contributed by atoms with Gasteiger partial charge in [-0.05, 0) is 46.1 Å². The first-order chi connectivity index (χ1) is 8.49. The topological polar surface area (TPSA) is 54.3 Å². The van der Waals surface area contributed by atoms with E-state index in [0.717, 1.165) is 36.2 Å². The van der Waals surface area contributed by atoms with Gasteiger partial charge in [0.2, 0.25) is 5.91 Å². The zero-order valence-electron chi connectivity index (χ0n) is 11.4. The average molecular weight is 250 g/mol. The van der Waals surface area contributed by atoms with Gasteiger partial charge in [0.25, 0.3) is 0 Å². The molecule has 1 unspecified atom stereocenters. The molecule has 1 aliphatic rings. The summed E-state index contributed by atoms with van der Waals surface area (Å²) in [5, 5.41) is 12.9. The van der Waals surface area contributed by atoms with Crippen LogP contribution in [0.5, 0.6) is 0 Å². The number of nitrogens with one attached hydrogen (secondary N) is 1. The van der Waals surface area contributed by atoms with Crippen molar-refractivity contribution < 1.29 is 9.90 Å². The molecular formula is C14H22N2O2. The van der Waals surface area contributed by atoms with Crippen LogP contribution in [0.1, 0.15) is 49.7 Å². The third kappa shape index (κ3) is 2.58. The van der Waals surface area contributed by atoms with Crippen LogP contribution in [0.25, 0.3) is 0 Å². The number of carbonyl (C=O) groups is 1. The minimum Gasteiger partial charge on any atom is -0.388 e. The molecule has 0 saturated heterocycles. The monoisotopic (exact) mass is 250 g/mol. The van der Waals surface area contributed by atoms with Crippen LogP contribution in [-0.4, -0.2) is 21.6 Å². The van der Waals surface area contributed by atoms with Gasteiger partial charge in [-0.25, -0.2) is 0 Å². The fraction of sp³-hybridized carbons (Fsp3) is 0.643. The highest BCUT2D eigenvalue weighted by Crippen LogP contribution is 2.31. The fourth-order valence-corrected chi connectivity index (χ4v) is 2.67. The standard InChI is InChI=1S/C14H22N2O2/c1-9(2)15-14(18)8-16-10(3)7-11-12(16)5-4-6-13(11)17/h7,9,13,17H,4-6,8H2,1-3H3,(H,15,18). The lowest BCUT2D eigenvalue weighted by molar-refractivity contribution is -0.122. The summed E-state index contributed by atoms with van der Waals surface area (Å²) in [6.07, 6.45) is 2.41. The van der Waals surface area contributed by atoms with E-state index in [1.54, 1.807) is 0 Å². The molecule has 0 bridgehead atoms. The number of aliphatic hydroxyl groups excluding tert-OH is 1. The fourth-order valence-electron chi connectivity index (χ4n) is 2.67. The number of amides is 1. The van der Waals surface area contributed by atoms with Gasteiger partial charge < -0.3 is 15.0 Å². The molecule has 1 amide bonds. The predicted molar refractivity (Wildman–Crippen MR) is 70.3 cm³/mol. The number of hydrogen-bond donors (Lipinski definition) is 2. The molecule has 1 aliphatic carbocycles. The molecule has 100 valence electrons. The number of aryl methyl sites for hydroxylation is 1. The summed E-state index contributed by atoms with van der Waals surface area (Å²) in [5.41, 5.74) is 3.20. The second kappa shape index (κ2) is 5.14. The van der Waals surface area contributed by atoms with E-state index in [1.165, 1.54) is 0 Å². The van der Waals surface area contributed by atoms with Crippen LogP contribution in [0.4, 0.5) is 0 Å². The first-order valence-corrected chi connectivity index (χ1v) is 6.65. The Morgan fingerprint density at radius 3 is 3.00 bits per heavy atom. The molecule has 0 aliphatic heterocycles. The van der Waals surface area contributed by atoms with E-state index < -0.39 is 0 Å². The Morgan fingerprint density at radius 2 is 2.33 bits per heavy atom. The summed E-state index contributed by atoms with van der Waals surface area (Å²) in [6.45, 7) is 6.26. The molecule has 0 saturated carbocycles. The summed E-state index contributed by atoms with van der Waals surface area (Å²) in [4.78, 5) is 11.8. The van der Waals surface area contributed by atoms with E-state index in [4.69, 9.17) is 0 Å². The number of hydrogen-bond acceptors (Lipinski definition) is 2. The highest BCUT2D eigenvalue weighted by molar-refractivity contribution is 5.76. The minimum absolute atomic E-state index is 0.0339. The quantitative estimate of drug-likeness (QED) is 0.857. The SMILES string of the molecule is Cc1cc2c(n1CC(=O)NC(C)C)CCCC2O. The van der Waals surface area contributed by atoms with Crippen molar-refractivity contribution in [3.63, 3.8) is 0 Å². The number of carbonyl (C=O) groups excluding carboxylic acids is 1. The van der Waals surface area contributed by atoms with Crippen LogP contribution in [0.15, 0.2) is 6.07 Å². The van der Waals surface area contributed by atoms with E-state index in [2.05, 4.69) is 5.32 Å². The third-order valence-corrected chi connectivity index (χ3v) is 3.45. The summed E-state index contributed by atoms with van der Waals surface area (Å²) in [6, 6.07) is 2.18. The second-order valence-electron chi connectivity index (χ2n) is 5.40. The Balaban J connectivity index is 2.21. The molecule has 0 aromatic carbocycles. The Kier molecular flexibility index (Phi) is 3.76. The van der Waals surface area contributed by atoms with Crippen molar-refractivity contribution in [2.75, 3.05) is 0 Å². The van der Waals surface area contributed by atoms with E-state index in [0.29, 0.717) is 6.54 Å². The van der Waals surface area contributed by atoms with Gasteiger partial charge in [-0.2, -0.15) is 0 Å². The van der Waals surface area contributed by atoms with Gasteiger partial charge in [0, 0.05) is 23.0 Å². The van der Waals surface area contributed by atoms with E-state index >= 15 is 0 Å². The Morgan fingerprint density at radius 1 is 1.61 bits per heavy atom. The summed E-state index contributed by atoms with van der Waals surface area (Å²) >= 11 is 0. The number of fused-ring (bicyclic) bond motifs is 1. The smallest absolute Gasteiger partial charge is 0.240 e. The number of aromatic nitrogens is 1. The molecule has 4 nitrogen and oxygen atoms in total. The zero-order chi connectivity index (χ0) is 13.3. The Hall–Kier alpha value is -1.29. The maximum absolute atomic E-state index is 11.8. The molecule has 1 aromatic rings. The van der Waals surface area contributed by atoms with E-state index in [-0.39, 0.29) is 18.1 Å². The average Bonchev–Trinajstić information content (AvgIpc) is 2.57. The van der Waals surface area contributed by atoms with Crippen LogP contribution in [0.3, 0.4) is 0 Å². The Bertz CT molecular complexity index is 449. The zero-order valence-corrected chi connectivity index (χ0v) is 11.4. The van der Waals surface area contributed by atoms with Crippen LogP contribution in [0, 0.1) is 6.92 Å². The molecule has 18 heavy (non-hydrogen) atoms. The van der Waals surface area contributed by atoms with E-state index in [1.807, 2.05) is 31.4 Å². The molecular weight excluding hydrogens is 228 g/mol. The molecule has 1 aromatic heterocycles. The van der Waals surface area contributed by atoms with Gasteiger partial charge in [0.1, 0.15) is 6.54 Å². The Labute approximate surface area is 108 Å². The number of nitrogens with zero attached hydrogens (tertiary/aromatic N) is 1. The van der Waals surface area contributed by atoms with Gasteiger partial charge in [-0.3, -0.25) is 4.79 Å². The molecule has 0 spiro atoms. The summed E-state index contributed by atoms with van der Waals surface area (Å²) in [7, 11) is 0. The maximum Gasteiger partial charge on any atom is 0.240 e. The van der Waals surface area contributed by atoms with E-state index in [9.17, 15) is 9.90 Å². The second-order valence-corrected chi connectivity index (χ2v) is 5.40. The summed E-state index contributed by atoms with van der Waals surface area (Å²) in [5.74, 6) is 0.0339. The molecule has 4 heteroatoms. The lowest BCUT2D eigenvalue weighted by Crippen LogP contribution is -2.33. The van der Waals surface area contributed by atoms with Crippen molar-refractivity contribution >= 4 is 5.91 Å². The normalized spacial score (nSPS) is 18.8. The highest BCUT2D eigenvalue weighted by atomic mass is 16.3. The van der Waals surface area contributed by atoms with Gasteiger partial charge in [0.15, 0.2) is 0 Å². The molecule has 1 atom stereocenters. The van der Waals surface area contributed by atoms with Crippen LogP contribution in [0.2, 0.25) is 0 Å². The van der Waals surface area contributed by atoms with Crippen molar-refractivity contribution in [1.82, 2.24) is 9.88 Å². The van der Waals surface area contributed by atoms with Crippen molar-refractivity contribution in [3.8, 4) is 0 Å². The van der Waals surface area contributed by atoms with Crippen LogP contribution < -0.4 is 5.32 Å². The van der Waals surface area contributed by atoms with Gasteiger partial charge in [-0.1, -0.05) is 0 Å². The van der Waals surface area contributed by atoms with Crippen molar-refractivity contribution in [2.24, 2.45) is 0 Å². The van der Waals surface area contributed by atoms with Gasteiger partial charge in [0.05, 0.1) is 6.10 Å². The first-order valence-electron chi connectivity index (χ1n) is 6.65. The lowest BCUT2D eigenvalue weighted by atomic mass is 9.95. The van der Waals surface area contributed by atoms with Crippen molar-refractivity contribution in [3.05, 3.63) is 23.0 Å². The van der Waals surface area contributed by atoms with Crippen LogP contribution in [-0.2, 0) is 17.8 Å². The predicted octanol–water partition coefficient (Wildman–Crippen LogP) is 1.69. The van der Waals surface area contributed by atoms with Gasteiger partial charge >= 0.3 is 0 Å². The lowest BCUT2D eigenvalue weighted by Gasteiger charge is -2.20. The van der Waals surface area contributed by atoms with Crippen molar-refractivity contribution in [2.45, 2.75) is 58.7 Å². The third-order valence-electron chi connectivity index (χ3n) is 3.45. The first kappa shape index (κ1) is 13.1. The number of rotatable bonds is 3. The van der Waals surface area contributed by atoms with Crippen LogP contribution >= 0.6 is 0 Å². The summed E-state index contributed by atoms with van der Waals surface area (Å²) < 4.78 is 2.04. The molecule has 2 N–H and O–H groups in total. The van der Waals surface area contributed by atoms with Crippen molar-refractivity contribution in [1.29, 1.82) is 0 Å². The molecule has 0 radical (unpaired) electrons. The molecule has 0 fully saturated rings. The highest BCUT2D eigenvalue weighted by Gasteiger charge is 2.23. The van der Waals surface area contributed by atoms with Gasteiger partial charge in [-0.15, -0.1) is 0 Å². The maximum atomic E-state index is 11.8. The molecule has 1 heterocycles. The molecule has 2 rings (SSSR count).